The Balaban J connectivity index is 2.26. The standard InChI is InChI=1S/C14H17NO2/c1-10(14(2)7-8-15-13(14)17)12-5-3-11(9-16)4-6-12/h3-6,9-10H,7-8H2,1-2H3,(H,15,17)/t10?,14-/m0/s1. The van der Waals surface area contributed by atoms with Gasteiger partial charge in [-0.05, 0) is 17.9 Å². The van der Waals surface area contributed by atoms with Crippen LogP contribution in [0.2, 0.25) is 0 Å². The molecule has 0 spiro atoms. The van der Waals surface area contributed by atoms with E-state index in [1.807, 2.05) is 19.1 Å². The van der Waals surface area contributed by atoms with Crippen LogP contribution in [0.1, 0.15) is 42.1 Å². The van der Waals surface area contributed by atoms with Crippen molar-refractivity contribution in [1.82, 2.24) is 5.32 Å². The lowest BCUT2D eigenvalue weighted by Crippen LogP contribution is -2.33. The molecule has 0 aromatic heterocycles. The molecule has 1 aliphatic rings. The summed E-state index contributed by atoms with van der Waals surface area (Å²) in [5.41, 5.74) is 1.44. The minimum Gasteiger partial charge on any atom is -0.356 e. The topological polar surface area (TPSA) is 46.2 Å². The van der Waals surface area contributed by atoms with Crippen molar-refractivity contribution >= 4 is 12.2 Å². The van der Waals surface area contributed by atoms with Crippen LogP contribution in [-0.2, 0) is 4.79 Å². The lowest BCUT2D eigenvalue weighted by Gasteiger charge is -2.28. The fraction of sp³-hybridized carbons (Fsp3) is 0.429. The highest BCUT2D eigenvalue weighted by atomic mass is 16.2. The summed E-state index contributed by atoms with van der Waals surface area (Å²) >= 11 is 0. The lowest BCUT2D eigenvalue weighted by atomic mass is 9.73. The van der Waals surface area contributed by atoms with E-state index in [4.69, 9.17) is 0 Å². The Morgan fingerprint density at radius 3 is 2.47 bits per heavy atom. The summed E-state index contributed by atoms with van der Waals surface area (Å²) in [4.78, 5) is 22.5. The first-order chi connectivity index (χ1) is 8.08. The predicted molar refractivity (Wildman–Crippen MR) is 66.0 cm³/mol. The number of hydrogen-bond donors (Lipinski definition) is 1. The van der Waals surface area contributed by atoms with Crippen LogP contribution in [0, 0.1) is 5.41 Å². The van der Waals surface area contributed by atoms with Crippen molar-refractivity contribution in [2.24, 2.45) is 5.41 Å². The number of hydrogen-bond acceptors (Lipinski definition) is 2. The molecule has 0 radical (unpaired) electrons. The van der Waals surface area contributed by atoms with Crippen molar-refractivity contribution in [2.75, 3.05) is 6.54 Å². The highest BCUT2D eigenvalue weighted by Gasteiger charge is 2.42. The van der Waals surface area contributed by atoms with E-state index in [0.29, 0.717) is 5.56 Å². The molecule has 17 heavy (non-hydrogen) atoms. The fourth-order valence-electron chi connectivity index (χ4n) is 2.40. The Labute approximate surface area is 101 Å². The largest absolute Gasteiger partial charge is 0.356 e. The van der Waals surface area contributed by atoms with Gasteiger partial charge < -0.3 is 5.32 Å². The molecule has 2 rings (SSSR count). The Morgan fingerprint density at radius 2 is 2.00 bits per heavy atom. The zero-order chi connectivity index (χ0) is 12.5. The van der Waals surface area contributed by atoms with Crippen LogP contribution in [0.4, 0.5) is 0 Å². The van der Waals surface area contributed by atoms with E-state index in [0.717, 1.165) is 24.8 Å². The molecule has 1 fully saturated rings. The van der Waals surface area contributed by atoms with E-state index in [9.17, 15) is 9.59 Å². The third-order valence-electron chi connectivity index (χ3n) is 3.98. The molecule has 0 saturated carbocycles. The molecular formula is C14H17NO2. The summed E-state index contributed by atoms with van der Waals surface area (Å²) in [6.07, 6.45) is 1.70. The second-order valence-corrected chi connectivity index (χ2v) is 4.93. The van der Waals surface area contributed by atoms with Crippen molar-refractivity contribution in [3.8, 4) is 0 Å². The number of aldehydes is 1. The molecule has 1 saturated heterocycles. The van der Waals surface area contributed by atoms with Gasteiger partial charge >= 0.3 is 0 Å². The molecule has 3 nitrogen and oxygen atoms in total. The molecule has 2 atom stereocenters. The van der Waals surface area contributed by atoms with E-state index in [-0.39, 0.29) is 17.2 Å². The zero-order valence-electron chi connectivity index (χ0n) is 10.2. The Hall–Kier alpha value is -1.64. The van der Waals surface area contributed by atoms with Crippen LogP contribution in [-0.4, -0.2) is 18.7 Å². The maximum Gasteiger partial charge on any atom is 0.226 e. The number of nitrogens with one attached hydrogen (secondary N) is 1. The number of rotatable bonds is 3. The fourth-order valence-corrected chi connectivity index (χ4v) is 2.40. The maximum absolute atomic E-state index is 11.9. The first-order valence-electron chi connectivity index (χ1n) is 5.91. The Kier molecular flexibility index (Phi) is 3.01. The van der Waals surface area contributed by atoms with Gasteiger partial charge in [0, 0.05) is 12.1 Å². The van der Waals surface area contributed by atoms with Crippen molar-refractivity contribution in [3.63, 3.8) is 0 Å². The molecule has 1 amide bonds. The minimum atomic E-state index is -0.331. The molecule has 1 aromatic carbocycles. The Morgan fingerprint density at radius 1 is 1.35 bits per heavy atom. The summed E-state index contributed by atoms with van der Waals surface area (Å²) in [7, 11) is 0. The third kappa shape index (κ3) is 1.97. The number of carbonyl (C=O) groups is 2. The second kappa shape index (κ2) is 4.32. The molecule has 90 valence electrons. The normalized spacial score (nSPS) is 25.4. The predicted octanol–water partition coefficient (Wildman–Crippen LogP) is 2.13. The first kappa shape index (κ1) is 11.8. The summed E-state index contributed by atoms with van der Waals surface area (Å²) in [6.45, 7) is 4.83. The van der Waals surface area contributed by atoms with Gasteiger partial charge in [0.05, 0.1) is 5.41 Å². The second-order valence-electron chi connectivity index (χ2n) is 4.93. The SMILES string of the molecule is CC(c1ccc(C=O)cc1)[C@]1(C)CCNC1=O. The van der Waals surface area contributed by atoms with Gasteiger partial charge in [-0.3, -0.25) is 9.59 Å². The molecular weight excluding hydrogens is 214 g/mol. The number of benzene rings is 1. The van der Waals surface area contributed by atoms with Gasteiger partial charge in [-0.1, -0.05) is 38.1 Å². The van der Waals surface area contributed by atoms with Gasteiger partial charge in [-0.15, -0.1) is 0 Å². The van der Waals surface area contributed by atoms with Crippen LogP contribution in [0.15, 0.2) is 24.3 Å². The van der Waals surface area contributed by atoms with Crippen LogP contribution in [0.25, 0.3) is 0 Å². The average Bonchev–Trinajstić information content (AvgIpc) is 2.70. The van der Waals surface area contributed by atoms with E-state index < -0.39 is 0 Å². The summed E-state index contributed by atoms with van der Waals surface area (Å²) < 4.78 is 0. The van der Waals surface area contributed by atoms with Crippen molar-refractivity contribution in [3.05, 3.63) is 35.4 Å². The molecule has 1 unspecified atom stereocenters. The van der Waals surface area contributed by atoms with E-state index in [1.54, 1.807) is 12.1 Å². The molecule has 3 heteroatoms. The third-order valence-corrected chi connectivity index (χ3v) is 3.98. The quantitative estimate of drug-likeness (QED) is 0.810. The molecule has 1 aliphatic heterocycles. The van der Waals surface area contributed by atoms with Crippen LogP contribution in [0.5, 0.6) is 0 Å². The summed E-state index contributed by atoms with van der Waals surface area (Å²) in [6, 6.07) is 7.47. The first-order valence-corrected chi connectivity index (χ1v) is 5.91. The van der Waals surface area contributed by atoms with Gasteiger partial charge in [0.2, 0.25) is 5.91 Å². The van der Waals surface area contributed by atoms with Gasteiger partial charge in [0.25, 0.3) is 0 Å². The summed E-state index contributed by atoms with van der Waals surface area (Å²) in [5.74, 6) is 0.287. The highest BCUT2D eigenvalue weighted by Crippen LogP contribution is 2.40. The molecule has 0 bridgehead atoms. The van der Waals surface area contributed by atoms with E-state index in [2.05, 4.69) is 12.2 Å². The van der Waals surface area contributed by atoms with Crippen LogP contribution < -0.4 is 5.32 Å². The van der Waals surface area contributed by atoms with Gasteiger partial charge in [-0.2, -0.15) is 0 Å². The van der Waals surface area contributed by atoms with Crippen LogP contribution >= 0.6 is 0 Å². The number of amides is 1. The highest BCUT2D eigenvalue weighted by molar-refractivity contribution is 5.85. The van der Waals surface area contributed by atoms with Gasteiger partial charge in [0.1, 0.15) is 6.29 Å². The van der Waals surface area contributed by atoms with E-state index >= 15 is 0 Å². The average molecular weight is 231 g/mol. The van der Waals surface area contributed by atoms with Crippen molar-refractivity contribution < 1.29 is 9.59 Å². The molecule has 1 heterocycles. The number of carbonyl (C=O) groups excluding carboxylic acids is 2. The Bertz CT molecular complexity index is 438. The van der Waals surface area contributed by atoms with Crippen molar-refractivity contribution in [1.29, 1.82) is 0 Å². The monoisotopic (exact) mass is 231 g/mol. The smallest absolute Gasteiger partial charge is 0.226 e. The van der Waals surface area contributed by atoms with Gasteiger partial charge in [0.15, 0.2) is 0 Å². The zero-order valence-corrected chi connectivity index (χ0v) is 10.2. The van der Waals surface area contributed by atoms with Gasteiger partial charge in [-0.25, -0.2) is 0 Å². The minimum absolute atomic E-state index is 0.129. The van der Waals surface area contributed by atoms with Crippen molar-refractivity contribution in [2.45, 2.75) is 26.2 Å². The molecule has 1 aromatic rings. The molecule has 1 N–H and O–H groups in total. The lowest BCUT2D eigenvalue weighted by molar-refractivity contribution is -0.127. The van der Waals surface area contributed by atoms with Crippen LogP contribution in [0.3, 0.4) is 0 Å². The molecule has 0 aliphatic carbocycles. The summed E-state index contributed by atoms with van der Waals surface area (Å²) in [5, 5.41) is 2.89. The van der Waals surface area contributed by atoms with E-state index in [1.165, 1.54) is 0 Å². The maximum atomic E-state index is 11.9.